The van der Waals surface area contributed by atoms with Gasteiger partial charge in [-0.25, -0.2) is 9.78 Å². The predicted molar refractivity (Wildman–Crippen MR) is 68.5 cm³/mol. The minimum atomic E-state index is -1.26. The summed E-state index contributed by atoms with van der Waals surface area (Å²) >= 11 is 4.98. The number of H-pyrrole nitrogens is 2. The molecule has 1 aliphatic heterocycles. The van der Waals surface area contributed by atoms with Gasteiger partial charge in [0.1, 0.15) is 34.1 Å². The number of hydrogen-bond acceptors (Lipinski definition) is 7. The molecule has 5 N–H and O–H groups in total. The Morgan fingerprint density at radius 1 is 1.40 bits per heavy atom. The number of imidazole rings is 1. The number of rotatable bonds is 2. The molecule has 3 rings (SSSR count). The van der Waals surface area contributed by atoms with Gasteiger partial charge in [-0.15, -0.1) is 0 Å². The zero-order chi connectivity index (χ0) is 14.4. The lowest BCUT2D eigenvalue weighted by atomic mass is 10.1. The van der Waals surface area contributed by atoms with E-state index in [1.54, 1.807) is 0 Å². The molecule has 20 heavy (non-hydrogen) atoms. The van der Waals surface area contributed by atoms with Gasteiger partial charge >= 0.3 is 5.69 Å². The van der Waals surface area contributed by atoms with Crippen molar-refractivity contribution < 1.29 is 20.1 Å². The first-order valence-corrected chi connectivity index (χ1v) is 6.25. The normalized spacial score (nSPS) is 30.1. The molecule has 0 amide bonds. The number of nitrogens with zero attached hydrogens (tertiary/aromatic N) is 2. The molecule has 3 heterocycles. The number of aromatic nitrogens is 4. The SMILES string of the molecule is O=c1[nH]c(=S)c2ncn([C@H]3O[C@@H](CO)[C@@H](O)[C@H]3O)c2[nH]1. The van der Waals surface area contributed by atoms with Crippen molar-refractivity contribution in [2.45, 2.75) is 24.5 Å². The van der Waals surface area contributed by atoms with Crippen LogP contribution < -0.4 is 5.69 Å². The van der Waals surface area contributed by atoms with E-state index < -0.39 is 36.8 Å². The average Bonchev–Trinajstić information content (AvgIpc) is 2.93. The molecule has 1 fully saturated rings. The number of nitrogens with one attached hydrogen (secondary N) is 2. The summed E-state index contributed by atoms with van der Waals surface area (Å²) in [6.45, 7) is -0.433. The maximum Gasteiger partial charge on any atom is 0.325 e. The van der Waals surface area contributed by atoms with Gasteiger partial charge in [-0.2, -0.15) is 0 Å². The Bertz CT molecular complexity index is 752. The molecular weight excluding hydrogens is 288 g/mol. The maximum atomic E-state index is 11.4. The van der Waals surface area contributed by atoms with Gasteiger partial charge in [0.05, 0.1) is 12.9 Å². The van der Waals surface area contributed by atoms with E-state index in [1.807, 2.05) is 0 Å². The fourth-order valence-electron chi connectivity index (χ4n) is 2.25. The van der Waals surface area contributed by atoms with Crippen molar-refractivity contribution in [2.24, 2.45) is 0 Å². The van der Waals surface area contributed by atoms with E-state index in [-0.39, 0.29) is 10.3 Å². The Morgan fingerprint density at radius 2 is 2.15 bits per heavy atom. The highest BCUT2D eigenvalue weighted by Crippen LogP contribution is 2.30. The number of aromatic amines is 2. The molecule has 0 saturated carbocycles. The van der Waals surface area contributed by atoms with Crippen molar-refractivity contribution in [3.05, 3.63) is 21.5 Å². The number of fused-ring (bicyclic) bond motifs is 1. The van der Waals surface area contributed by atoms with Crippen LogP contribution in [-0.4, -0.2) is 59.8 Å². The second-order valence-electron chi connectivity index (χ2n) is 4.49. The minimum Gasteiger partial charge on any atom is -0.394 e. The second kappa shape index (κ2) is 4.75. The van der Waals surface area contributed by atoms with Crippen LogP contribution in [0.5, 0.6) is 0 Å². The number of hydrogen-bond donors (Lipinski definition) is 5. The first kappa shape index (κ1) is 13.4. The van der Waals surface area contributed by atoms with Gasteiger partial charge in [-0.1, -0.05) is 12.2 Å². The van der Waals surface area contributed by atoms with Gasteiger partial charge in [0.2, 0.25) is 0 Å². The largest absolute Gasteiger partial charge is 0.394 e. The van der Waals surface area contributed by atoms with Crippen molar-refractivity contribution >= 4 is 23.4 Å². The molecule has 10 heteroatoms. The van der Waals surface area contributed by atoms with Gasteiger partial charge in [-0.3, -0.25) is 14.5 Å². The first-order chi connectivity index (χ1) is 9.52. The Morgan fingerprint density at radius 3 is 2.80 bits per heavy atom. The topological polar surface area (TPSA) is 136 Å². The third kappa shape index (κ3) is 1.89. The number of aliphatic hydroxyl groups is 3. The fourth-order valence-corrected chi connectivity index (χ4v) is 2.50. The van der Waals surface area contributed by atoms with Crippen LogP contribution >= 0.6 is 12.2 Å². The summed E-state index contributed by atoms with van der Waals surface area (Å²) in [5, 5.41) is 28.8. The quantitative estimate of drug-likeness (QED) is 0.421. The zero-order valence-corrected chi connectivity index (χ0v) is 10.9. The molecule has 0 radical (unpaired) electrons. The number of aliphatic hydroxyl groups excluding tert-OH is 3. The summed E-state index contributed by atoms with van der Waals surface area (Å²) in [7, 11) is 0. The molecule has 1 aliphatic rings. The van der Waals surface area contributed by atoms with Crippen LogP contribution in [0.25, 0.3) is 11.2 Å². The Labute approximate surface area is 116 Å². The standard InChI is InChI=1S/C10H12N4O5S/c15-1-3-5(16)6(17)9(19-3)14-2-11-4-7(14)12-10(18)13-8(4)20/h2-3,5-6,9,15-17H,1H2,(H2,12,13,18,20)/t3-,5+,6+,9-/m0/s1. The van der Waals surface area contributed by atoms with Crippen LogP contribution in [0.1, 0.15) is 6.23 Å². The van der Waals surface area contributed by atoms with Crippen LogP contribution in [0.4, 0.5) is 0 Å². The lowest BCUT2D eigenvalue weighted by molar-refractivity contribution is -0.0511. The van der Waals surface area contributed by atoms with Crippen LogP contribution in [0.2, 0.25) is 0 Å². The first-order valence-electron chi connectivity index (χ1n) is 5.84. The van der Waals surface area contributed by atoms with E-state index in [4.69, 9.17) is 22.1 Å². The van der Waals surface area contributed by atoms with Crippen LogP contribution in [0.3, 0.4) is 0 Å². The van der Waals surface area contributed by atoms with Gasteiger partial charge in [0.15, 0.2) is 6.23 Å². The molecule has 4 atom stereocenters. The fraction of sp³-hybridized carbons (Fsp3) is 0.500. The van der Waals surface area contributed by atoms with Crippen molar-refractivity contribution in [1.82, 2.24) is 19.5 Å². The predicted octanol–water partition coefficient (Wildman–Crippen LogP) is -1.61. The molecule has 0 bridgehead atoms. The molecule has 0 unspecified atom stereocenters. The van der Waals surface area contributed by atoms with E-state index in [0.29, 0.717) is 5.52 Å². The lowest BCUT2D eigenvalue weighted by Gasteiger charge is -2.16. The van der Waals surface area contributed by atoms with Gasteiger partial charge in [-0.05, 0) is 0 Å². The summed E-state index contributed by atoms with van der Waals surface area (Å²) in [6, 6.07) is 0. The zero-order valence-electron chi connectivity index (χ0n) is 10.1. The van der Waals surface area contributed by atoms with E-state index >= 15 is 0 Å². The summed E-state index contributed by atoms with van der Waals surface area (Å²) < 4.78 is 6.90. The number of ether oxygens (including phenoxy) is 1. The maximum absolute atomic E-state index is 11.4. The molecule has 2 aromatic rings. The highest BCUT2D eigenvalue weighted by Gasteiger charge is 2.43. The van der Waals surface area contributed by atoms with Crippen molar-refractivity contribution in [1.29, 1.82) is 0 Å². The Balaban J connectivity index is 2.12. The third-order valence-corrected chi connectivity index (χ3v) is 3.55. The van der Waals surface area contributed by atoms with Crippen molar-refractivity contribution in [3.8, 4) is 0 Å². The van der Waals surface area contributed by atoms with Crippen LogP contribution in [0, 0.1) is 4.64 Å². The highest BCUT2D eigenvalue weighted by atomic mass is 32.1. The molecule has 0 aliphatic carbocycles. The van der Waals surface area contributed by atoms with Crippen LogP contribution in [0.15, 0.2) is 11.1 Å². The van der Waals surface area contributed by atoms with E-state index in [2.05, 4.69) is 15.0 Å². The van der Waals surface area contributed by atoms with Crippen molar-refractivity contribution in [3.63, 3.8) is 0 Å². The average molecular weight is 300 g/mol. The molecule has 108 valence electrons. The second-order valence-corrected chi connectivity index (χ2v) is 4.89. The Kier molecular flexibility index (Phi) is 3.18. The van der Waals surface area contributed by atoms with E-state index in [9.17, 15) is 15.0 Å². The van der Waals surface area contributed by atoms with Crippen molar-refractivity contribution in [2.75, 3.05) is 6.61 Å². The molecule has 2 aromatic heterocycles. The summed E-state index contributed by atoms with van der Waals surface area (Å²) in [6.07, 6.45) is -3.03. The lowest BCUT2D eigenvalue weighted by Crippen LogP contribution is -2.33. The van der Waals surface area contributed by atoms with E-state index in [0.717, 1.165) is 0 Å². The molecule has 0 spiro atoms. The highest BCUT2D eigenvalue weighted by molar-refractivity contribution is 7.71. The summed E-state index contributed by atoms with van der Waals surface area (Å²) in [5.74, 6) is 0. The van der Waals surface area contributed by atoms with Gasteiger partial charge in [0.25, 0.3) is 0 Å². The minimum absolute atomic E-state index is 0.161. The third-order valence-electron chi connectivity index (χ3n) is 3.26. The molecular formula is C10H12N4O5S. The molecule has 9 nitrogen and oxygen atoms in total. The summed E-state index contributed by atoms with van der Waals surface area (Å²) in [4.78, 5) is 20.4. The molecule has 0 aromatic carbocycles. The van der Waals surface area contributed by atoms with Gasteiger partial charge in [0, 0.05) is 0 Å². The molecule has 1 saturated heterocycles. The smallest absolute Gasteiger partial charge is 0.325 e. The monoisotopic (exact) mass is 300 g/mol. The summed E-state index contributed by atoms with van der Waals surface area (Å²) in [5.41, 5.74) is 0.0990. The Hall–Kier alpha value is -1.59. The van der Waals surface area contributed by atoms with Gasteiger partial charge < -0.3 is 20.1 Å². The van der Waals surface area contributed by atoms with E-state index in [1.165, 1.54) is 10.9 Å². The van der Waals surface area contributed by atoms with Crippen LogP contribution in [-0.2, 0) is 4.74 Å².